The minimum Gasteiger partial charge on any atom is -0.456 e. The molecule has 8 heteroatoms. The number of carbonyl (C=O) groups is 1. The topological polar surface area (TPSA) is 81.9 Å². The first-order valence-corrected chi connectivity index (χ1v) is 9.15. The number of hydrogen-bond acceptors (Lipinski definition) is 7. The summed E-state index contributed by atoms with van der Waals surface area (Å²) in [5, 5.41) is 14.9. The van der Waals surface area contributed by atoms with E-state index in [-0.39, 0.29) is 5.97 Å². The van der Waals surface area contributed by atoms with Crippen molar-refractivity contribution in [2.24, 2.45) is 0 Å². The minimum absolute atomic E-state index is 0.377. The Bertz CT molecular complexity index is 820. The lowest BCUT2D eigenvalue weighted by molar-refractivity contribution is -0.150. The van der Waals surface area contributed by atoms with Crippen molar-refractivity contribution in [3.63, 3.8) is 0 Å². The van der Waals surface area contributed by atoms with Crippen molar-refractivity contribution < 1.29 is 9.53 Å². The fourth-order valence-corrected chi connectivity index (χ4v) is 3.11. The van der Waals surface area contributed by atoms with Crippen molar-refractivity contribution in [2.75, 3.05) is 11.6 Å². The molecule has 1 aromatic heterocycles. The first-order valence-electron chi connectivity index (χ1n) is 7.93. The average Bonchev–Trinajstić information content (AvgIpc) is 2.99. The second kappa shape index (κ2) is 6.51. The number of thioether (sulfide) groups is 1. The van der Waals surface area contributed by atoms with Gasteiger partial charge in [-0.1, -0.05) is 17.2 Å². The predicted molar refractivity (Wildman–Crippen MR) is 96.3 cm³/mol. The molecule has 0 aliphatic carbocycles. The summed E-state index contributed by atoms with van der Waals surface area (Å²) in [5.41, 5.74) is 1.54. The number of carbonyl (C=O) groups excluding carboxylic acids is 1. The van der Waals surface area contributed by atoms with Crippen molar-refractivity contribution >= 4 is 23.7 Å². The Hall–Kier alpha value is -2.35. The van der Waals surface area contributed by atoms with Gasteiger partial charge in [0.25, 0.3) is 0 Å². The zero-order valence-electron chi connectivity index (χ0n) is 14.9. The van der Waals surface area contributed by atoms with Gasteiger partial charge in [0.15, 0.2) is 0 Å². The van der Waals surface area contributed by atoms with Crippen LogP contribution >= 0.6 is 11.8 Å². The molecule has 0 saturated heterocycles. The monoisotopic (exact) mass is 359 g/mol. The molecule has 1 aliphatic rings. The highest BCUT2D eigenvalue weighted by molar-refractivity contribution is 7.98. The number of anilines is 1. The lowest BCUT2D eigenvalue weighted by Gasteiger charge is -2.29. The van der Waals surface area contributed by atoms with Gasteiger partial charge in [-0.2, -0.15) is 4.68 Å². The maximum absolute atomic E-state index is 12.9. The molecule has 2 heterocycles. The molecule has 7 nitrogen and oxygen atoms in total. The third kappa shape index (κ3) is 3.53. The molecule has 1 aliphatic heterocycles. The van der Waals surface area contributed by atoms with Crippen LogP contribution in [0.25, 0.3) is 0 Å². The van der Waals surface area contributed by atoms with Crippen LogP contribution in [0.5, 0.6) is 0 Å². The SMILES string of the molecule is CSc1ccc([C@@H]2C(C(=O)OC(C)(C)C)=C(C)Nc3nnnn32)cc1. The Morgan fingerprint density at radius 1 is 1.28 bits per heavy atom. The van der Waals surface area contributed by atoms with E-state index >= 15 is 0 Å². The number of hydrogen-bond donors (Lipinski definition) is 1. The normalized spacial score (nSPS) is 17.1. The van der Waals surface area contributed by atoms with Crippen LogP contribution in [0.4, 0.5) is 5.95 Å². The number of fused-ring (bicyclic) bond motifs is 1. The zero-order valence-corrected chi connectivity index (χ0v) is 15.7. The van der Waals surface area contributed by atoms with Crippen molar-refractivity contribution in [2.45, 2.75) is 44.2 Å². The number of benzene rings is 1. The quantitative estimate of drug-likeness (QED) is 0.666. The summed E-state index contributed by atoms with van der Waals surface area (Å²) >= 11 is 1.66. The molecule has 0 spiro atoms. The molecule has 0 amide bonds. The molecule has 1 N–H and O–H groups in total. The highest BCUT2D eigenvalue weighted by Crippen LogP contribution is 2.36. The maximum Gasteiger partial charge on any atom is 0.338 e. The highest BCUT2D eigenvalue weighted by atomic mass is 32.2. The van der Waals surface area contributed by atoms with Gasteiger partial charge in [-0.15, -0.1) is 11.8 Å². The van der Waals surface area contributed by atoms with Crippen LogP contribution < -0.4 is 5.32 Å². The Balaban J connectivity index is 2.08. The maximum atomic E-state index is 12.9. The van der Waals surface area contributed by atoms with E-state index in [1.165, 1.54) is 0 Å². The molecule has 0 bridgehead atoms. The van der Waals surface area contributed by atoms with Crippen molar-refractivity contribution in [3.05, 3.63) is 41.1 Å². The van der Waals surface area contributed by atoms with Crippen LogP contribution in [-0.2, 0) is 9.53 Å². The molecule has 132 valence electrons. The van der Waals surface area contributed by atoms with Gasteiger partial charge in [-0.05, 0) is 62.1 Å². The second-order valence-corrected chi connectivity index (χ2v) is 7.67. The van der Waals surface area contributed by atoms with Gasteiger partial charge in [-0.3, -0.25) is 0 Å². The van der Waals surface area contributed by atoms with Crippen molar-refractivity contribution in [1.29, 1.82) is 0 Å². The van der Waals surface area contributed by atoms with E-state index in [0.717, 1.165) is 10.5 Å². The number of allylic oxidation sites excluding steroid dienone is 1. The van der Waals surface area contributed by atoms with Crippen molar-refractivity contribution in [3.8, 4) is 0 Å². The molecule has 0 saturated carbocycles. The minimum atomic E-state index is -0.585. The van der Waals surface area contributed by atoms with Crippen molar-refractivity contribution in [1.82, 2.24) is 20.2 Å². The molecule has 1 aromatic carbocycles. The molecule has 25 heavy (non-hydrogen) atoms. The Labute approximate surface area is 150 Å². The van der Waals surface area contributed by atoms with Gasteiger partial charge in [0, 0.05) is 10.6 Å². The largest absolute Gasteiger partial charge is 0.456 e. The van der Waals surface area contributed by atoms with E-state index in [9.17, 15) is 4.79 Å². The van der Waals surface area contributed by atoms with Gasteiger partial charge in [-0.25, -0.2) is 4.79 Å². The van der Waals surface area contributed by atoms with Crippen LogP contribution in [0.2, 0.25) is 0 Å². The summed E-state index contributed by atoms with van der Waals surface area (Å²) in [7, 11) is 0. The number of tetrazole rings is 1. The summed E-state index contributed by atoms with van der Waals surface area (Å²) < 4.78 is 7.22. The number of nitrogens with zero attached hydrogens (tertiary/aromatic N) is 4. The average molecular weight is 359 g/mol. The van der Waals surface area contributed by atoms with E-state index < -0.39 is 11.6 Å². The Kier molecular flexibility index (Phi) is 4.55. The lowest BCUT2D eigenvalue weighted by atomic mass is 9.95. The summed E-state index contributed by atoms with van der Waals surface area (Å²) in [6.07, 6.45) is 2.02. The van der Waals surface area contributed by atoms with E-state index in [1.54, 1.807) is 16.4 Å². The van der Waals surface area contributed by atoms with Crippen LogP contribution in [0.15, 0.2) is 40.4 Å². The number of ether oxygens (including phenoxy) is 1. The predicted octanol–water partition coefficient (Wildman–Crippen LogP) is 3.03. The van der Waals surface area contributed by atoms with Gasteiger partial charge in [0.2, 0.25) is 5.95 Å². The Morgan fingerprint density at radius 2 is 1.96 bits per heavy atom. The summed E-state index contributed by atoms with van der Waals surface area (Å²) in [6, 6.07) is 7.59. The van der Waals surface area contributed by atoms with E-state index in [2.05, 4.69) is 20.8 Å². The lowest BCUT2D eigenvalue weighted by Crippen LogP contribution is -2.33. The van der Waals surface area contributed by atoms with Gasteiger partial charge in [0.1, 0.15) is 11.6 Å². The van der Waals surface area contributed by atoms with Crippen LogP contribution in [0, 0.1) is 0 Å². The fraction of sp³-hybridized carbons (Fsp3) is 0.412. The molecule has 0 fully saturated rings. The molecule has 3 rings (SSSR count). The standard InChI is InChI=1S/C17H21N5O2S/c1-10-13(15(23)24-17(2,3)4)14(22-16(18-10)19-20-21-22)11-6-8-12(25-5)9-7-11/h6-9,14H,1-5H3,(H,18,19,21)/t14-/m1/s1. The van der Waals surface area contributed by atoms with Gasteiger partial charge >= 0.3 is 5.97 Å². The van der Waals surface area contributed by atoms with E-state index in [0.29, 0.717) is 17.2 Å². The highest BCUT2D eigenvalue weighted by Gasteiger charge is 2.36. The third-order valence-corrected chi connectivity index (χ3v) is 4.51. The molecule has 0 radical (unpaired) electrons. The second-order valence-electron chi connectivity index (χ2n) is 6.79. The van der Waals surface area contributed by atoms with Crippen LogP contribution in [-0.4, -0.2) is 38.0 Å². The molecule has 2 aromatic rings. The number of nitrogens with one attached hydrogen (secondary N) is 1. The molecular weight excluding hydrogens is 338 g/mol. The number of rotatable bonds is 3. The summed E-state index contributed by atoms with van der Waals surface area (Å²) in [6.45, 7) is 7.38. The van der Waals surface area contributed by atoms with Crippen LogP contribution in [0.3, 0.4) is 0 Å². The fourth-order valence-electron chi connectivity index (χ4n) is 2.70. The zero-order chi connectivity index (χ0) is 18.2. The van der Waals surface area contributed by atoms with E-state index in [1.807, 2.05) is 58.2 Å². The summed E-state index contributed by atoms with van der Waals surface area (Å²) in [5.74, 6) is 0.126. The summed E-state index contributed by atoms with van der Waals surface area (Å²) in [4.78, 5) is 14.0. The molecule has 1 atom stereocenters. The molecule has 0 unspecified atom stereocenters. The van der Waals surface area contributed by atoms with Gasteiger partial charge < -0.3 is 10.1 Å². The van der Waals surface area contributed by atoms with E-state index in [4.69, 9.17) is 4.74 Å². The van der Waals surface area contributed by atoms with Gasteiger partial charge in [0.05, 0.1) is 5.57 Å². The van der Waals surface area contributed by atoms with Crippen LogP contribution in [0.1, 0.15) is 39.3 Å². The number of esters is 1. The number of aromatic nitrogens is 4. The molecular formula is C17H21N5O2S. The first-order chi connectivity index (χ1) is 11.8. The smallest absolute Gasteiger partial charge is 0.338 e. The third-order valence-electron chi connectivity index (χ3n) is 3.76. The first kappa shape index (κ1) is 17.5. The Morgan fingerprint density at radius 3 is 2.56 bits per heavy atom.